The molecule has 0 amide bonds. The van der Waals surface area contributed by atoms with E-state index in [9.17, 15) is 4.79 Å². The molecule has 1 aromatic heterocycles. The number of carbonyl (C=O) groups is 1. The summed E-state index contributed by atoms with van der Waals surface area (Å²) in [6.07, 6.45) is 4.57. The second kappa shape index (κ2) is 5.31. The molecule has 0 aromatic carbocycles. The fourth-order valence-electron chi connectivity index (χ4n) is 2.29. The van der Waals surface area contributed by atoms with Crippen LogP contribution in [0.3, 0.4) is 0 Å². The van der Waals surface area contributed by atoms with Gasteiger partial charge in [0.05, 0.1) is 6.42 Å². The van der Waals surface area contributed by atoms with Gasteiger partial charge < -0.3 is 14.4 Å². The van der Waals surface area contributed by atoms with Crippen LogP contribution in [0, 0.1) is 0 Å². The zero-order valence-corrected chi connectivity index (χ0v) is 10.1. The number of carboxylic acids is 1. The summed E-state index contributed by atoms with van der Waals surface area (Å²) >= 11 is 0. The van der Waals surface area contributed by atoms with Crippen molar-refractivity contribution < 1.29 is 14.6 Å². The van der Waals surface area contributed by atoms with E-state index in [1.807, 2.05) is 17.8 Å². The van der Waals surface area contributed by atoms with Gasteiger partial charge in [-0.1, -0.05) is 0 Å². The van der Waals surface area contributed by atoms with Gasteiger partial charge in [0.25, 0.3) is 0 Å². The van der Waals surface area contributed by atoms with Crippen LogP contribution in [0.15, 0.2) is 6.20 Å². The van der Waals surface area contributed by atoms with Crippen LogP contribution in [0.25, 0.3) is 0 Å². The Labute approximate surface area is 100 Å². The van der Waals surface area contributed by atoms with Crippen LogP contribution in [-0.2, 0) is 23.0 Å². The summed E-state index contributed by atoms with van der Waals surface area (Å²) in [6, 6.07) is 0. The molecule has 0 spiro atoms. The van der Waals surface area contributed by atoms with Gasteiger partial charge in [-0.05, 0) is 12.8 Å². The Bertz CT molecular complexity index is 394. The van der Waals surface area contributed by atoms with Gasteiger partial charge >= 0.3 is 5.97 Å². The van der Waals surface area contributed by atoms with Crippen LogP contribution in [-0.4, -0.2) is 33.8 Å². The van der Waals surface area contributed by atoms with Crippen molar-refractivity contribution in [2.75, 3.05) is 13.2 Å². The molecule has 0 radical (unpaired) electrons. The predicted molar refractivity (Wildman–Crippen MR) is 62.0 cm³/mol. The number of aryl methyl sites for hydroxylation is 1. The van der Waals surface area contributed by atoms with Crippen LogP contribution >= 0.6 is 0 Å². The highest BCUT2D eigenvalue weighted by molar-refractivity contribution is 5.66. The molecule has 1 N–H and O–H groups in total. The first kappa shape index (κ1) is 12.1. The van der Waals surface area contributed by atoms with Crippen molar-refractivity contribution in [3.05, 3.63) is 17.7 Å². The van der Waals surface area contributed by atoms with Crippen LogP contribution in [0.5, 0.6) is 0 Å². The first-order valence-electron chi connectivity index (χ1n) is 5.98. The Kier molecular flexibility index (Phi) is 3.78. The molecule has 0 bridgehead atoms. The highest BCUT2D eigenvalue weighted by Gasteiger charge is 2.20. The minimum Gasteiger partial charge on any atom is -0.481 e. The first-order valence-corrected chi connectivity index (χ1v) is 5.98. The lowest BCUT2D eigenvalue weighted by Gasteiger charge is -2.22. The quantitative estimate of drug-likeness (QED) is 0.859. The Hall–Kier alpha value is -1.36. The van der Waals surface area contributed by atoms with Gasteiger partial charge in [0.15, 0.2) is 0 Å². The average Bonchev–Trinajstić information content (AvgIpc) is 2.69. The average molecular weight is 238 g/mol. The third-order valence-electron chi connectivity index (χ3n) is 3.32. The molecule has 0 unspecified atom stereocenters. The summed E-state index contributed by atoms with van der Waals surface area (Å²) < 4.78 is 7.38. The van der Waals surface area contributed by atoms with Gasteiger partial charge in [0, 0.05) is 44.5 Å². The van der Waals surface area contributed by atoms with E-state index in [-0.39, 0.29) is 6.42 Å². The standard InChI is InChI=1S/C12H18N2O3/c1-14-10(9-4-6-17-7-5-9)8-13-11(14)2-3-12(15)16/h8-9H,2-7H2,1H3,(H,15,16). The van der Waals surface area contributed by atoms with Crippen molar-refractivity contribution in [2.24, 2.45) is 7.05 Å². The summed E-state index contributed by atoms with van der Waals surface area (Å²) in [5.74, 6) is 0.578. The third-order valence-corrected chi connectivity index (χ3v) is 3.32. The largest absolute Gasteiger partial charge is 0.481 e. The number of aliphatic carboxylic acids is 1. The Morgan fingerprint density at radius 1 is 1.59 bits per heavy atom. The van der Waals surface area contributed by atoms with Crippen LogP contribution in [0.4, 0.5) is 0 Å². The second-order valence-electron chi connectivity index (χ2n) is 4.44. The fraction of sp³-hybridized carbons (Fsp3) is 0.667. The number of hydrogen-bond acceptors (Lipinski definition) is 3. The van der Waals surface area contributed by atoms with Gasteiger partial charge in [-0.2, -0.15) is 0 Å². The molecule has 1 saturated heterocycles. The molecule has 1 aliphatic rings. The summed E-state index contributed by atoms with van der Waals surface area (Å²) in [6.45, 7) is 1.61. The molecule has 0 aliphatic carbocycles. The molecular formula is C12H18N2O3. The summed E-state index contributed by atoms with van der Waals surface area (Å²) in [4.78, 5) is 14.9. The molecule has 5 nitrogen and oxygen atoms in total. The number of hydrogen-bond donors (Lipinski definition) is 1. The maximum absolute atomic E-state index is 10.5. The van der Waals surface area contributed by atoms with Crippen LogP contribution in [0.1, 0.15) is 36.7 Å². The first-order chi connectivity index (χ1) is 8.18. The van der Waals surface area contributed by atoms with Gasteiger partial charge in [0.2, 0.25) is 0 Å². The minimum atomic E-state index is -0.777. The molecule has 1 aromatic rings. The molecule has 1 aliphatic heterocycles. The number of nitrogens with zero attached hydrogens (tertiary/aromatic N) is 2. The highest BCUT2D eigenvalue weighted by atomic mass is 16.5. The second-order valence-corrected chi connectivity index (χ2v) is 4.44. The lowest BCUT2D eigenvalue weighted by Crippen LogP contribution is -2.17. The van der Waals surface area contributed by atoms with Crippen molar-refractivity contribution in [1.82, 2.24) is 9.55 Å². The van der Waals surface area contributed by atoms with E-state index in [0.29, 0.717) is 12.3 Å². The number of rotatable bonds is 4. The van der Waals surface area contributed by atoms with E-state index in [4.69, 9.17) is 9.84 Å². The molecular weight excluding hydrogens is 220 g/mol. The van der Waals surface area contributed by atoms with Gasteiger partial charge in [-0.25, -0.2) is 4.98 Å². The van der Waals surface area contributed by atoms with Gasteiger partial charge in [-0.15, -0.1) is 0 Å². The lowest BCUT2D eigenvalue weighted by molar-refractivity contribution is -0.137. The molecule has 94 valence electrons. The fourth-order valence-corrected chi connectivity index (χ4v) is 2.29. The van der Waals surface area contributed by atoms with E-state index in [1.54, 1.807) is 0 Å². The number of imidazole rings is 1. The monoisotopic (exact) mass is 238 g/mol. The van der Waals surface area contributed by atoms with Crippen molar-refractivity contribution >= 4 is 5.97 Å². The Morgan fingerprint density at radius 2 is 2.29 bits per heavy atom. The molecule has 0 atom stereocenters. The molecule has 2 heterocycles. The van der Waals surface area contributed by atoms with Crippen molar-refractivity contribution in [3.8, 4) is 0 Å². The normalized spacial score (nSPS) is 17.2. The number of aromatic nitrogens is 2. The zero-order chi connectivity index (χ0) is 12.3. The number of carboxylic acid groups (broad SMARTS) is 1. The van der Waals surface area contributed by atoms with Crippen molar-refractivity contribution in [1.29, 1.82) is 0 Å². The topological polar surface area (TPSA) is 64.4 Å². The minimum absolute atomic E-state index is 0.137. The SMILES string of the molecule is Cn1c(C2CCOCC2)cnc1CCC(=O)O. The maximum atomic E-state index is 10.5. The summed E-state index contributed by atoms with van der Waals surface area (Å²) in [5.41, 5.74) is 1.20. The summed E-state index contributed by atoms with van der Waals surface area (Å²) in [7, 11) is 1.97. The van der Waals surface area contributed by atoms with E-state index in [2.05, 4.69) is 4.98 Å². The molecule has 2 rings (SSSR count). The smallest absolute Gasteiger partial charge is 0.303 e. The Balaban J connectivity index is 2.05. The Morgan fingerprint density at radius 3 is 2.94 bits per heavy atom. The zero-order valence-electron chi connectivity index (χ0n) is 10.1. The maximum Gasteiger partial charge on any atom is 0.303 e. The predicted octanol–water partition coefficient (Wildman–Crippen LogP) is 1.33. The van der Waals surface area contributed by atoms with Crippen molar-refractivity contribution in [3.63, 3.8) is 0 Å². The van der Waals surface area contributed by atoms with E-state index < -0.39 is 5.97 Å². The van der Waals surface area contributed by atoms with Crippen LogP contribution in [0.2, 0.25) is 0 Å². The van der Waals surface area contributed by atoms with E-state index in [0.717, 1.165) is 31.9 Å². The third kappa shape index (κ3) is 2.85. The summed E-state index contributed by atoms with van der Waals surface area (Å²) in [5, 5.41) is 8.67. The molecule has 0 saturated carbocycles. The molecule has 17 heavy (non-hydrogen) atoms. The van der Waals surface area contributed by atoms with Crippen molar-refractivity contribution in [2.45, 2.75) is 31.6 Å². The van der Waals surface area contributed by atoms with E-state index in [1.165, 1.54) is 5.69 Å². The highest BCUT2D eigenvalue weighted by Crippen LogP contribution is 2.27. The number of ether oxygens (including phenoxy) is 1. The molecule has 5 heteroatoms. The molecule has 1 fully saturated rings. The van der Waals surface area contributed by atoms with Crippen LogP contribution < -0.4 is 0 Å². The van der Waals surface area contributed by atoms with E-state index >= 15 is 0 Å². The van der Waals surface area contributed by atoms with Gasteiger partial charge in [0.1, 0.15) is 5.82 Å². The lowest BCUT2D eigenvalue weighted by atomic mass is 9.97. The van der Waals surface area contributed by atoms with Gasteiger partial charge in [-0.3, -0.25) is 4.79 Å².